The fourth-order valence-electron chi connectivity index (χ4n) is 2.40. The molecule has 1 N–H and O–H groups in total. The van der Waals surface area contributed by atoms with Gasteiger partial charge in [-0.25, -0.2) is 4.98 Å². The lowest BCUT2D eigenvalue weighted by atomic mass is 9.78. The molecule has 16 heavy (non-hydrogen) atoms. The van der Waals surface area contributed by atoms with E-state index in [4.69, 9.17) is 0 Å². The highest BCUT2D eigenvalue weighted by molar-refractivity contribution is 9.11. The summed E-state index contributed by atoms with van der Waals surface area (Å²) in [4.78, 5) is 15.7. The van der Waals surface area contributed by atoms with Gasteiger partial charge in [-0.15, -0.1) is 11.3 Å². The van der Waals surface area contributed by atoms with Gasteiger partial charge >= 0.3 is 5.97 Å². The Bertz CT molecular complexity index is 405. The van der Waals surface area contributed by atoms with Crippen LogP contribution in [0.4, 0.5) is 0 Å². The zero-order chi connectivity index (χ0) is 11.7. The van der Waals surface area contributed by atoms with Crippen LogP contribution in [-0.4, -0.2) is 16.1 Å². The Morgan fingerprint density at radius 2 is 2.19 bits per heavy atom. The maximum absolute atomic E-state index is 11.2. The van der Waals surface area contributed by atoms with Gasteiger partial charge in [-0.05, 0) is 35.7 Å². The third-order valence-corrected chi connectivity index (χ3v) is 4.82. The molecule has 1 aliphatic carbocycles. The van der Waals surface area contributed by atoms with Crippen molar-refractivity contribution in [2.24, 2.45) is 5.92 Å². The Balaban J connectivity index is 2.29. The lowest BCUT2D eigenvalue weighted by Gasteiger charge is -2.27. The Morgan fingerprint density at radius 3 is 2.75 bits per heavy atom. The molecule has 2 atom stereocenters. The molecule has 2 unspecified atom stereocenters. The average molecular weight is 304 g/mol. The first-order chi connectivity index (χ1) is 7.59. The van der Waals surface area contributed by atoms with Crippen molar-refractivity contribution in [3.05, 3.63) is 14.5 Å². The largest absolute Gasteiger partial charge is 0.481 e. The van der Waals surface area contributed by atoms with Crippen LogP contribution in [0.25, 0.3) is 0 Å². The first-order valence-corrected chi connectivity index (χ1v) is 7.06. The van der Waals surface area contributed by atoms with E-state index in [1.54, 1.807) is 11.3 Å². The Labute approximate surface area is 107 Å². The summed E-state index contributed by atoms with van der Waals surface area (Å²) in [5.74, 6) is -0.848. The van der Waals surface area contributed by atoms with E-state index in [1.807, 2.05) is 6.92 Å². The Morgan fingerprint density at radius 1 is 1.50 bits per heavy atom. The van der Waals surface area contributed by atoms with Gasteiger partial charge in [0.2, 0.25) is 0 Å². The third kappa shape index (κ3) is 2.30. The van der Waals surface area contributed by atoms with Crippen molar-refractivity contribution < 1.29 is 9.90 Å². The van der Waals surface area contributed by atoms with Crippen LogP contribution in [0.2, 0.25) is 0 Å². The van der Waals surface area contributed by atoms with E-state index in [-0.39, 0.29) is 11.8 Å². The number of carbonyl (C=O) groups is 1. The minimum atomic E-state index is -0.678. The number of nitrogens with zero attached hydrogens (tertiary/aromatic N) is 1. The summed E-state index contributed by atoms with van der Waals surface area (Å²) < 4.78 is 1.00. The molecule has 88 valence electrons. The molecule has 0 saturated heterocycles. The summed E-state index contributed by atoms with van der Waals surface area (Å²) in [6.45, 7) is 1.96. The number of aliphatic carboxylic acids is 1. The number of halogens is 1. The van der Waals surface area contributed by atoms with E-state index in [0.717, 1.165) is 40.2 Å². The second-order valence-corrected chi connectivity index (χ2v) is 6.75. The van der Waals surface area contributed by atoms with E-state index >= 15 is 0 Å². The summed E-state index contributed by atoms with van der Waals surface area (Å²) in [5, 5.41) is 10.2. The molecular formula is C11H14BrNO2S. The van der Waals surface area contributed by atoms with Gasteiger partial charge in [0.15, 0.2) is 0 Å². The van der Waals surface area contributed by atoms with E-state index < -0.39 is 5.97 Å². The summed E-state index contributed by atoms with van der Waals surface area (Å²) in [7, 11) is 0. The first-order valence-electron chi connectivity index (χ1n) is 5.45. The highest BCUT2D eigenvalue weighted by Crippen LogP contribution is 2.41. The number of aromatic nitrogens is 1. The second kappa shape index (κ2) is 4.84. The van der Waals surface area contributed by atoms with E-state index in [1.165, 1.54) is 0 Å². The maximum atomic E-state index is 11.2. The minimum Gasteiger partial charge on any atom is -0.481 e. The normalized spacial score (nSPS) is 25.6. The molecule has 0 aromatic carbocycles. The van der Waals surface area contributed by atoms with Crippen molar-refractivity contribution >= 4 is 33.2 Å². The van der Waals surface area contributed by atoms with Crippen molar-refractivity contribution in [2.45, 2.75) is 38.5 Å². The molecular weight excluding hydrogens is 290 g/mol. The number of hydrogen-bond acceptors (Lipinski definition) is 3. The standard InChI is InChI=1S/C11H14BrNO2S/c1-6-13-9(10(12)16-6)7-4-2-3-5-8(7)11(14)15/h7-8H,2-5H2,1H3,(H,14,15). The van der Waals surface area contributed by atoms with Gasteiger partial charge in [0.25, 0.3) is 0 Å². The van der Waals surface area contributed by atoms with Crippen LogP contribution in [0.1, 0.15) is 42.3 Å². The fourth-order valence-corrected chi connectivity index (χ4v) is 4.19. The first kappa shape index (κ1) is 12.0. The fraction of sp³-hybridized carbons (Fsp3) is 0.636. The molecule has 3 nitrogen and oxygen atoms in total. The number of rotatable bonds is 2. The lowest BCUT2D eigenvalue weighted by molar-refractivity contribution is -0.143. The second-order valence-electron chi connectivity index (χ2n) is 4.23. The highest BCUT2D eigenvalue weighted by atomic mass is 79.9. The molecule has 1 aliphatic rings. The molecule has 1 heterocycles. The van der Waals surface area contributed by atoms with Crippen LogP contribution in [0.15, 0.2) is 3.79 Å². The summed E-state index contributed by atoms with van der Waals surface area (Å²) >= 11 is 5.08. The molecule has 0 bridgehead atoms. The quantitative estimate of drug-likeness (QED) is 0.908. The van der Waals surface area contributed by atoms with Crippen LogP contribution < -0.4 is 0 Å². The molecule has 1 saturated carbocycles. The molecule has 1 fully saturated rings. The molecule has 0 spiro atoms. The number of hydrogen-bond donors (Lipinski definition) is 1. The third-order valence-electron chi connectivity index (χ3n) is 3.15. The van der Waals surface area contributed by atoms with Crippen molar-refractivity contribution in [1.82, 2.24) is 4.98 Å². The zero-order valence-corrected chi connectivity index (χ0v) is 11.5. The van der Waals surface area contributed by atoms with Gasteiger partial charge in [-0.1, -0.05) is 12.8 Å². The van der Waals surface area contributed by atoms with Crippen molar-refractivity contribution in [3.8, 4) is 0 Å². The predicted molar refractivity (Wildman–Crippen MR) is 66.9 cm³/mol. The molecule has 1 aromatic heterocycles. The van der Waals surface area contributed by atoms with Crippen LogP contribution >= 0.6 is 27.3 Å². The highest BCUT2D eigenvalue weighted by Gasteiger charge is 2.34. The van der Waals surface area contributed by atoms with Crippen LogP contribution in [0.3, 0.4) is 0 Å². The lowest BCUT2D eigenvalue weighted by Crippen LogP contribution is -2.25. The van der Waals surface area contributed by atoms with Gasteiger partial charge in [0, 0.05) is 5.92 Å². The SMILES string of the molecule is Cc1nc(C2CCCCC2C(=O)O)c(Br)s1. The average Bonchev–Trinajstić information content (AvgIpc) is 2.57. The Kier molecular flexibility index (Phi) is 3.64. The molecule has 0 aliphatic heterocycles. The number of carboxylic acids is 1. The van der Waals surface area contributed by atoms with Crippen LogP contribution in [0.5, 0.6) is 0 Å². The smallest absolute Gasteiger partial charge is 0.307 e. The van der Waals surface area contributed by atoms with Gasteiger partial charge in [0.05, 0.1) is 20.4 Å². The molecule has 0 radical (unpaired) electrons. The van der Waals surface area contributed by atoms with Crippen LogP contribution in [0, 0.1) is 12.8 Å². The molecule has 0 amide bonds. The van der Waals surface area contributed by atoms with E-state index in [2.05, 4.69) is 20.9 Å². The van der Waals surface area contributed by atoms with Crippen molar-refractivity contribution in [3.63, 3.8) is 0 Å². The summed E-state index contributed by atoms with van der Waals surface area (Å²) in [5.41, 5.74) is 0.953. The predicted octanol–water partition coefficient (Wildman–Crippen LogP) is 3.57. The van der Waals surface area contributed by atoms with E-state index in [9.17, 15) is 9.90 Å². The van der Waals surface area contributed by atoms with Gasteiger partial charge in [0.1, 0.15) is 0 Å². The minimum absolute atomic E-state index is 0.0885. The maximum Gasteiger partial charge on any atom is 0.307 e. The number of aryl methyl sites for hydroxylation is 1. The zero-order valence-electron chi connectivity index (χ0n) is 9.07. The van der Waals surface area contributed by atoms with Gasteiger partial charge in [-0.3, -0.25) is 4.79 Å². The molecule has 5 heteroatoms. The van der Waals surface area contributed by atoms with Crippen molar-refractivity contribution in [2.75, 3.05) is 0 Å². The van der Waals surface area contributed by atoms with Crippen LogP contribution in [-0.2, 0) is 4.79 Å². The Hall–Kier alpha value is -0.420. The summed E-state index contributed by atoms with van der Waals surface area (Å²) in [6, 6.07) is 0. The topological polar surface area (TPSA) is 50.2 Å². The van der Waals surface area contributed by atoms with Gasteiger partial charge in [-0.2, -0.15) is 0 Å². The van der Waals surface area contributed by atoms with E-state index in [0.29, 0.717) is 0 Å². The van der Waals surface area contributed by atoms with Crippen molar-refractivity contribution in [1.29, 1.82) is 0 Å². The monoisotopic (exact) mass is 303 g/mol. The summed E-state index contributed by atoms with van der Waals surface area (Å²) in [6.07, 6.45) is 3.85. The molecule has 2 rings (SSSR count). The number of thiazole rings is 1. The number of carboxylic acid groups (broad SMARTS) is 1. The molecule has 1 aromatic rings. The van der Waals surface area contributed by atoms with Gasteiger partial charge < -0.3 is 5.11 Å².